The van der Waals surface area contributed by atoms with Crippen LogP contribution in [0.3, 0.4) is 0 Å². The first-order valence-electron chi connectivity index (χ1n) is 8.82. The molecule has 2 rings (SSSR count). The summed E-state index contributed by atoms with van der Waals surface area (Å²) in [6.07, 6.45) is 6.04. The second-order valence-electron chi connectivity index (χ2n) is 6.59. The Bertz CT molecular complexity index is 489. The van der Waals surface area contributed by atoms with Gasteiger partial charge in [-0.25, -0.2) is 0 Å². The smallest absolute Gasteiger partial charge is 0.245 e. The average molecular weight is 306 g/mol. The minimum absolute atomic E-state index is 0.108. The molecule has 0 bridgehead atoms. The average Bonchev–Trinajstić information content (AvgIpc) is 2.80. The molecule has 1 aromatic heterocycles. The number of hydrogen-bond donors (Lipinski definition) is 0. The van der Waals surface area contributed by atoms with Crippen molar-refractivity contribution in [3.63, 3.8) is 0 Å². The molecule has 0 aliphatic carbocycles. The Morgan fingerprint density at radius 3 is 2.50 bits per heavy atom. The Labute approximate surface area is 134 Å². The van der Waals surface area contributed by atoms with E-state index < -0.39 is 0 Å². The molecule has 0 saturated carbocycles. The van der Waals surface area contributed by atoms with Gasteiger partial charge in [-0.2, -0.15) is 0 Å². The Morgan fingerprint density at radius 1 is 1.23 bits per heavy atom. The number of carbonyl (C=O) groups excluding carboxylic acids is 1. The largest absolute Gasteiger partial charge is 0.341 e. The van der Waals surface area contributed by atoms with E-state index in [2.05, 4.69) is 42.5 Å². The van der Waals surface area contributed by atoms with Gasteiger partial charge in [0.1, 0.15) is 17.7 Å². The highest BCUT2D eigenvalue weighted by Crippen LogP contribution is 2.29. The van der Waals surface area contributed by atoms with Crippen molar-refractivity contribution >= 4 is 5.91 Å². The van der Waals surface area contributed by atoms with Crippen molar-refractivity contribution in [2.45, 2.75) is 78.2 Å². The molecule has 1 unspecified atom stereocenters. The SMILES string of the molecule is CCCN(CCC)C(=O)C1CCCCc2nnc(C(C)C)n21. The van der Waals surface area contributed by atoms with Gasteiger partial charge in [-0.3, -0.25) is 4.79 Å². The lowest BCUT2D eigenvalue weighted by Crippen LogP contribution is -2.39. The van der Waals surface area contributed by atoms with Gasteiger partial charge in [0.25, 0.3) is 0 Å². The molecule has 0 N–H and O–H groups in total. The summed E-state index contributed by atoms with van der Waals surface area (Å²) in [5, 5.41) is 8.73. The molecule has 5 nitrogen and oxygen atoms in total. The third kappa shape index (κ3) is 3.50. The molecule has 0 radical (unpaired) electrons. The number of aryl methyl sites for hydroxylation is 1. The van der Waals surface area contributed by atoms with E-state index in [9.17, 15) is 4.79 Å². The minimum Gasteiger partial charge on any atom is -0.341 e. The van der Waals surface area contributed by atoms with Crippen LogP contribution in [0.15, 0.2) is 0 Å². The first-order chi connectivity index (χ1) is 10.6. The quantitative estimate of drug-likeness (QED) is 0.810. The topological polar surface area (TPSA) is 51.0 Å². The molecule has 2 heterocycles. The zero-order valence-corrected chi connectivity index (χ0v) is 14.5. The zero-order valence-electron chi connectivity index (χ0n) is 14.5. The molecule has 5 heteroatoms. The first-order valence-corrected chi connectivity index (χ1v) is 8.82. The fourth-order valence-corrected chi connectivity index (χ4v) is 3.31. The maximum absolute atomic E-state index is 13.1. The Kier molecular flexibility index (Phi) is 5.98. The first kappa shape index (κ1) is 17.0. The fraction of sp³-hybridized carbons (Fsp3) is 0.824. The van der Waals surface area contributed by atoms with Crippen LogP contribution in [0, 0.1) is 0 Å². The molecular weight excluding hydrogens is 276 g/mol. The van der Waals surface area contributed by atoms with Crippen LogP contribution in [-0.2, 0) is 11.2 Å². The number of nitrogens with zero attached hydrogens (tertiary/aromatic N) is 4. The van der Waals surface area contributed by atoms with Crippen molar-refractivity contribution in [2.75, 3.05) is 13.1 Å². The second-order valence-corrected chi connectivity index (χ2v) is 6.59. The fourth-order valence-electron chi connectivity index (χ4n) is 3.31. The van der Waals surface area contributed by atoms with Crippen LogP contribution in [0.1, 0.15) is 83.4 Å². The van der Waals surface area contributed by atoms with Crippen molar-refractivity contribution in [3.8, 4) is 0 Å². The lowest BCUT2D eigenvalue weighted by molar-refractivity contribution is -0.135. The number of fused-ring (bicyclic) bond motifs is 1. The second kappa shape index (κ2) is 7.75. The molecule has 1 aliphatic rings. The summed E-state index contributed by atoms with van der Waals surface area (Å²) in [5.41, 5.74) is 0. The summed E-state index contributed by atoms with van der Waals surface area (Å²) in [4.78, 5) is 15.1. The summed E-state index contributed by atoms with van der Waals surface area (Å²) in [5.74, 6) is 2.50. The molecule has 0 spiro atoms. The molecule has 1 amide bonds. The van der Waals surface area contributed by atoms with E-state index in [1.165, 1.54) is 0 Å². The summed E-state index contributed by atoms with van der Waals surface area (Å²) in [6, 6.07) is -0.108. The van der Waals surface area contributed by atoms with Gasteiger partial charge in [-0.05, 0) is 25.7 Å². The maximum atomic E-state index is 13.1. The number of rotatable bonds is 6. The highest BCUT2D eigenvalue weighted by atomic mass is 16.2. The standard InChI is InChI=1S/C17H30N4O/c1-5-11-20(12-6-2)17(22)14-9-7-8-10-15-18-19-16(13(3)4)21(14)15/h13-14H,5-12H2,1-4H3. The number of aromatic nitrogens is 3. The molecule has 22 heavy (non-hydrogen) atoms. The van der Waals surface area contributed by atoms with Crippen molar-refractivity contribution < 1.29 is 4.79 Å². The van der Waals surface area contributed by atoms with E-state index in [1.807, 2.05) is 4.90 Å². The Morgan fingerprint density at radius 2 is 1.91 bits per heavy atom. The maximum Gasteiger partial charge on any atom is 0.245 e. The third-order valence-corrected chi connectivity index (χ3v) is 4.33. The highest BCUT2D eigenvalue weighted by Gasteiger charge is 2.31. The summed E-state index contributed by atoms with van der Waals surface area (Å²) < 4.78 is 2.15. The van der Waals surface area contributed by atoms with Gasteiger partial charge in [0, 0.05) is 25.4 Å². The van der Waals surface area contributed by atoms with E-state index in [0.717, 1.165) is 63.3 Å². The van der Waals surface area contributed by atoms with Gasteiger partial charge in [0.15, 0.2) is 0 Å². The van der Waals surface area contributed by atoms with Gasteiger partial charge < -0.3 is 9.47 Å². The van der Waals surface area contributed by atoms with E-state index in [4.69, 9.17) is 0 Å². The normalized spacial score (nSPS) is 18.1. The van der Waals surface area contributed by atoms with Gasteiger partial charge >= 0.3 is 0 Å². The summed E-state index contributed by atoms with van der Waals surface area (Å²) in [6.45, 7) is 10.2. The van der Waals surface area contributed by atoms with E-state index in [1.54, 1.807) is 0 Å². The van der Waals surface area contributed by atoms with Crippen molar-refractivity contribution in [1.82, 2.24) is 19.7 Å². The van der Waals surface area contributed by atoms with Gasteiger partial charge in [0.05, 0.1) is 0 Å². The molecule has 124 valence electrons. The molecule has 0 aromatic carbocycles. The van der Waals surface area contributed by atoms with E-state index >= 15 is 0 Å². The third-order valence-electron chi connectivity index (χ3n) is 4.33. The minimum atomic E-state index is -0.108. The van der Waals surface area contributed by atoms with Crippen LogP contribution in [0.5, 0.6) is 0 Å². The van der Waals surface area contributed by atoms with Crippen LogP contribution in [0.2, 0.25) is 0 Å². The van der Waals surface area contributed by atoms with Crippen molar-refractivity contribution in [1.29, 1.82) is 0 Å². The van der Waals surface area contributed by atoms with Gasteiger partial charge in [-0.15, -0.1) is 10.2 Å². The molecule has 1 aliphatic heterocycles. The van der Waals surface area contributed by atoms with Gasteiger partial charge in [-0.1, -0.05) is 34.1 Å². The zero-order chi connectivity index (χ0) is 16.1. The molecule has 1 aromatic rings. The molecule has 0 fully saturated rings. The van der Waals surface area contributed by atoms with Crippen LogP contribution in [0.25, 0.3) is 0 Å². The number of amides is 1. The molecule has 1 atom stereocenters. The van der Waals surface area contributed by atoms with Crippen molar-refractivity contribution in [2.24, 2.45) is 0 Å². The lowest BCUT2D eigenvalue weighted by atomic mass is 10.1. The predicted octanol–water partition coefficient (Wildman–Crippen LogP) is 3.32. The van der Waals surface area contributed by atoms with Crippen LogP contribution in [0.4, 0.5) is 0 Å². The highest BCUT2D eigenvalue weighted by molar-refractivity contribution is 5.80. The van der Waals surface area contributed by atoms with Crippen LogP contribution in [-0.4, -0.2) is 38.7 Å². The number of hydrogen-bond acceptors (Lipinski definition) is 3. The molecule has 0 saturated heterocycles. The number of carbonyl (C=O) groups is 1. The van der Waals surface area contributed by atoms with Crippen molar-refractivity contribution in [3.05, 3.63) is 11.6 Å². The summed E-state index contributed by atoms with van der Waals surface area (Å²) in [7, 11) is 0. The van der Waals surface area contributed by atoms with Crippen LogP contribution >= 0.6 is 0 Å². The monoisotopic (exact) mass is 306 g/mol. The van der Waals surface area contributed by atoms with E-state index in [0.29, 0.717) is 5.92 Å². The molecular formula is C17H30N4O. The Balaban J connectivity index is 2.34. The van der Waals surface area contributed by atoms with E-state index in [-0.39, 0.29) is 11.9 Å². The van der Waals surface area contributed by atoms with Crippen LogP contribution < -0.4 is 0 Å². The predicted molar refractivity (Wildman–Crippen MR) is 87.9 cm³/mol. The van der Waals surface area contributed by atoms with Gasteiger partial charge in [0.2, 0.25) is 5.91 Å². The Hall–Kier alpha value is -1.39. The summed E-state index contributed by atoms with van der Waals surface area (Å²) >= 11 is 0. The lowest BCUT2D eigenvalue weighted by Gasteiger charge is -2.28.